The lowest BCUT2D eigenvalue weighted by Crippen LogP contribution is -2.16. The van der Waals surface area contributed by atoms with Gasteiger partial charge in [0.1, 0.15) is 5.75 Å². The Morgan fingerprint density at radius 2 is 1.68 bits per heavy atom. The van der Waals surface area contributed by atoms with Gasteiger partial charge in [0, 0.05) is 5.56 Å². The van der Waals surface area contributed by atoms with Crippen LogP contribution in [0.25, 0.3) is 0 Å². The van der Waals surface area contributed by atoms with E-state index >= 15 is 0 Å². The predicted octanol–water partition coefficient (Wildman–Crippen LogP) is 5.49. The van der Waals surface area contributed by atoms with Crippen molar-refractivity contribution in [3.05, 3.63) is 64.2 Å². The van der Waals surface area contributed by atoms with Crippen molar-refractivity contribution in [3.8, 4) is 5.75 Å². The molecule has 28 heavy (non-hydrogen) atoms. The fraction of sp³-hybridized carbons (Fsp3) is 0.417. The number of ketones is 1. The van der Waals surface area contributed by atoms with Crippen molar-refractivity contribution < 1.29 is 19.4 Å². The minimum atomic E-state index is -0.401. The smallest absolute Gasteiger partial charge is 0.338 e. The first-order valence-corrected chi connectivity index (χ1v) is 10.2. The Morgan fingerprint density at radius 1 is 0.929 bits per heavy atom. The number of aromatic hydroxyl groups is 1. The second-order valence-electron chi connectivity index (χ2n) is 6.86. The van der Waals surface area contributed by atoms with Crippen LogP contribution in [0.2, 0.25) is 0 Å². The average molecular weight is 383 g/mol. The van der Waals surface area contributed by atoms with E-state index in [2.05, 4.69) is 6.92 Å². The first-order valence-electron chi connectivity index (χ1n) is 10.2. The Hall–Kier alpha value is -2.62. The maximum atomic E-state index is 13.4. The van der Waals surface area contributed by atoms with Crippen LogP contribution in [0, 0.1) is 0 Å². The molecule has 0 unspecified atom stereocenters. The van der Waals surface area contributed by atoms with Gasteiger partial charge in [-0.2, -0.15) is 0 Å². The van der Waals surface area contributed by atoms with Crippen molar-refractivity contribution in [2.24, 2.45) is 0 Å². The van der Waals surface area contributed by atoms with Gasteiger partial charge in [0.05, 0.1) is 17.7 Å². The van der Waals surface area contributed by atoms with Crippen LogP contribution in [0.1, 0.15) is 83.9 Å². The van der Waals surface area contributed by atoms with Gasteiger partial charge in [-0.25, -0.2) is 4.79 Å². The normalized spacial score (nSPS) is 10.7. The maximum absolute atomic E-state index is 13.4. The zero-order chi connectivity index (χ0) is 20.5. The third-order valence-corrected chi connectivity index (χ3v) is 4.93. The van der Waals surface area contributed by atoms with Crippen molar-refractivity contribution in [2.75, 3.05) is 6.61 Å². The summed E-state index contributed by atoms with van der Waals surface area (Å²) in [6.45, 7) is 6.19. The summed E-state index contributed by atoms with van der Waals surface area (Å²) in [7, 11) is 0. The third kappa shape index (κ3) is 5.00. The standard InChI is InChI=1S/C24H30O4/c1-4-7-8-9-12-18-19(24(27)28-6-3)16-15-17(5-2)22(18)23(26)20-13-10-11-14-21(20)25/h10-11,13-16,25H,4-9,12H2,1-3H3. The number of rotatable bonds is 10. The molecule has 0 aliphatic carbocycles. The molecule has 1 N–H and O–H groups in total. The SMILES string of the molecule is CCCCCCc1c(C(=O)OCC)ccc(CC)c1C(=O)c1ccccc1O. The highest BCUT2D eigenvalue weighted by atomic mass is 16.5. The molecule has 0 fully saturated rings. The number of phenols is 1. The molecule has 150 valence electrons. The molecule has 0 aliphatic rings. The molecule has 0 atom stereocenters. The Morgan fingerprint density at radius 3 is 2.32 bits per heavy atom. The van der Waals surface area contributed by atoms with Gasteiger partial charge in [0.25, 0.3) is 0 Å². The Kier molecular flexibility index (Phi) is 8.24. The van der Waals surface area contributed by atoms with E-state index in [-0.39, 0.29) is 23.7 Å². The van der Waals surface area contributed by atoms with Gasteiger partial charge in [0.15, 0.2) is 5.78 Å². The largest absolute Gasteiger partial charge is 0.507 e. The summed E-state index contributed by atoms with van der Waals surface area (Å²) >= 11 is 0. The lowest BCUT2D eigenvalue weighted by molar-refractivity contribution is 0.0525. The van der Waals surface area contributed by atoms with Crippen LogP contribution in [0.5, 0.6) is 5.75 Å². The first kappa shape index (κ1) is 21.7. The number of hydrogen-bond donors (Lipinski definition) is 1. The molecule has 2 aromatic carbocycles. The average Bonchev–Trinajstić information content (AvgIpc) is 2.70. The van der Waals surface area contributed by atoms with Crippen molar-refractivity contribution >= 4 is 11.8 Å². The van der Waals surface area contributed by atoms with E-state index in [1.807, 2.05) is 13.0 Å². The van der Waals surface area contributed by atoms with Gasteiger partial charge in [-0.05, 0) is 55.5 Å². The van der Waals surface area contributed by atoms with Crippen molar-refractivity contribution in [3.63, 3.8) is 0 Å². The highest BCUT2D eigenvalue weighted by Crippen LogP contribution is 2.29. The maximum Gasteiger partial charge on any atom is 0.338 e. The quantitative estimate of drug-likeness (QED) is 0.335. The van der Waals surface area contributed by atoms with Gasteiger partial charge in [0.2, 0.25) is 0 Å². The molecule has 2 aromatic rings. The van der Waals surface area contributed by atoms with Crippen molar-refractivity contribution in [1.29, 1.82) is 0 Å². The molecule has 0 amide bonds. The summed E-state index contributed by atoms with van der Waals surface area (Å²) in [5, 5.41) is 10.2. The predicted molar refractivity (Wildman–Crippen MR) is 111 cm³/mol. The highest BCUT2D eigenvalue weighted by Gasteiger charge is 2.24. The minimum absolute atomic E-state index is 0.0481. The first-order chi connectivity index (χ1) is 13.5. The van der Waals surface area contributed by atoms with Gasteiger partial charge in [-0.1, -0.05) is 51.3 Å². The molecule has 0 heterocycles. The number of carbonyl (C=O) groups excluding carboxylic acids is 2. The molecule has 4 heteroatoms. The summed E-state index contributed by atoms with van der Waals surface area (Å²) in [6.07, 6.45) is 5.47. The van der Waals surface area contributed by atoms with E-state index < -0.39 is 5.97 Å². The van der Waals surface area contributed by atoms with Crippen LogP contribution in [0.15, 0.2) is 36.4 Å². The van der Waals surface area contributed by atoms with Gasteiger partial charge in [-0.3, -0.25) is 4.79 Å². The zero-order valence-electron chi connectivity index (χ0n) is 17.1. The van der Waals surface area contributed by atoms with Gasteiger partial charge < -0.3 is 9.84 Å². The molecule has 0 aromatic heterocycles. The summed E-state index contributed by atoms with van der Waals surface area (Å²) in [4.78, 5) is 25.9. The highest BCUT2D eigenvalue weighted by molar-refractivity contribution is 6.13. The van der Waals surface area contributed by atoms with Gasteiger partial charge >= 0.3 is 5.97 Å². The summed E-state index contributed by atoms with van der Waals surface area (Å²) in [5.74, 6) is -0.693. The molecule has 0 spiro atoms. The Balaban J connectivity index is 2.58. The number of phenolic OH excluding ortho intramolecular Hbond substituents is 1. The molecular formula is C24H30O4. The fourth-order valence-corrected chi connectivity index (χ4v) is 3.46. The summed E-state index contributed by atoms with van der Waals surface area (Å²) < 4.78 is 5.23. The van der Waals surface area contributed by atoms with E-state index in [0.29, 0.717) is 24.0 Å². The van der Waals surface area contributed by atoms with E-state index in [1.165, 1.54) is 6.07 Å². The van der Waals surface area contributed by atoms with Crippen molar-refractivity contribution in [1.82, 2.24) is 0 Å². The molecule has 4 nitrogen and oxygen atoms in total. The minimum Gasteiger partial charge on any atom is -0.507 e. The van der Waals surface area contributed by atoms with Crippen molar-refractivity contribution in [2.45, 2.75) is 59.3 Å². The lowest BCUT2D eigenvalue weighted by Gasteiger charge is -2.18. The van der Waals surface area contributed by atoms with Crippen LogP contribution < -0.4 is 0 Å². The van der Waals surface area contributed by atoms with E-state index in [9.17, 15) is 14.7 Å². The fourth-order valence-electron chi connectivity index (χ4n) is 3.46. The number of para-hydroxylation sites is 1. The lowest BCUT2D eigenvalue weighted by atomic mass is 9.86. The molecular weight excluding hydrogens is 352 g/mol. The number of hydrogen-bond acceptors (Lipinski definition) is 4. The molecule has 2 rings (SSSR count). The second-order valence-corrected chi connectivity index (χ2v) is 6.86. The van der Waals surface area contributed by atoms with Crippen LogP contribution in [-0.4, -0.2) is 23.5 Å². The zero-order valence-corrected chi connectivity index (χ0v) is 17.1. The second kappa shape index (κ2) is 10.6. The van der Waals surface area contributed by atoms with E-state index in [0.717, 1.165) is 36.8 Å². The Bertz CT molecular complexity index is 823. The number of ether oxygens (including phenoxy) is 1. The van der Waals surface area contributed by atoms with Crippen LogP contribution >= 0.6 is 0 Å². The number of carbonyl (C=O) groups is 2. The Labute approximate surface area is 167 Å². The van der Waals surface area contributed by atoms with Crippen LogP contribution in [0.3, 0.4) is 0 Å². The topological polar surface area (TPSA) is 63.6 Å². The van der Waals surface area contributed by atoms with E-state index in [1.54, 1.807) is 31.2 Å². The number of unbranched alkanes of at least 4 members (excludes halogenated alkanes) is 3. The molecule has 0 radical (unpaired) electrons. The number of benzene rings is 2. The molecule has 0 saturated carbocycles. The summed E-state index contributed by atoms with van der Waals surface area (Å²) in [6, 6.07) is 10.1. The molecule has 0 aliphatic heterocycles. The van der Waals surface area contributed by atoms with Gasteiger partial charge in [-0.15, -0.1) is 0 Å². The van der Waals surface area contributed by atoms with E-state index in [4.69, 9.17) is 4.74 Å². The number of esters is 1. The molecule has 0 saturated heterocycles. The number of aryl methyl sites for hydroxylation is 1. The summed E-state index contributed by atoms with van der Waals surface area (Å²) in [5.41, 5.74) is 2.86. The third-order valence-electron chi connectivity index (χ3n) is 4.93. The van der Waals surface area contributed by atoms with Crippen LogP contribution in [-0.2, 0) is 17.6 Å². The van der Waals surface area contributed by atoms with Crippen LogP contribution in [0.4, 0.5) is 0 Å². The monoisotopic (exact) mass is 382 g/mol. The molecule has 0 bridgehead atoms.